The third-order valence-electron chi connectivity index (χ3n) is 3.73. The predicted octanol–water partition coefficient (Wildman–Crippen LogP) is 2.64. The van der Waals surface area contributed by atoms with E-state index in [4.69, 9.17) is 10.5 Å². The minimum Gasteiger partial charge on any atom is -0.491 e. The maximum Gasteiger partial charge on any atom is 0.120 e. The molecule has 1 saturated heterocycles. The van der Waals surface area contributed by atoms with Crippen LogP contribution in [0.15, 0.2) is 24.3 Å². The summed E-state index contributed by atoms with van der Waals surface area (Å²) in [6, 6.07) is 8.79. The third kappa shape index (κ3) is 4.22. The fourth-order valence-electron chi connectivity index (χ4n) is 2.64. The smallest absolute Gasteiger partial charge is 0.120 e. The van der Waals surface area contributed by atoms with E-state index in [-0.39, 0.29) is 6.10 Å². The standard InChI is InChI=1S/C16H26N2O/c1-12(2)19-15-6-4-5-14(9-15)11-18-8-7-16(17)13(3)10-18/h4-6,9,12-13,16H,7-8,10-11,17H2,1-3H3. The lowest BCUT2D eigenvalue weighted by molar-refractivity contribution is 0.157. The van der Waals surface area contributed by atoms with Gasteiger partial charge in [0.15, 0.2) is 0 Å². The number of hydrogen-bond donors (Lipinski definition) is 1. The summed E-state index contributed by atoms with van der Waals surface area (Å²) < 4.78 is 5.74. The van der Waals surface area contributed by atoms with Crippen LogP contribution in [-0.2, 0) is 6.54 Å². The number of ether oxygens (including phenoxy) is 1. The van der Waals surface area contributed by atoms with Crippen LogP contribution >= 0.6 is 0 Å². The summed E-state index contributed by atoms with van der Waals surface area (Å²) in [6.07, 6.45) is 1.33. The molecule has 1 fully saturated rings. The van der Waals surface area contributed by atoms with Crippen LogP contribution in [0, 0.1) is 5.92 Å². The topological polar surface area (TPSA) is 38.5 Å². The molecule has 0 aromatic heterocycles. The molecule has 1 aromatic carbocycles. The molecule has 0 aliphatic carbocycles. The molecule has 0 saturated carbocycles. The first-order valence-corrected chi connectivity index (χ1v) is 7.28. The molecular formula is C16H26N2O. The number of piperidine rings is 1. The minimum atomic E-state index is 0.225. The Bertz CT molecular complexity index is 405. The van der Waals surface area contributed by atoms with Crippen LogP contribution in [0.4, 0.5) is 0 Å². The summed E-state index contributed by atoms with van der Waals surface area (Å²) in [7, 11) is 0. The second kappa shape index (κ2) is 6.40. The highest BCUT2D eigenvalue weighted by atomic mass is 16.5. The first-order valence-electron chi connectivity index (χ1n) is 7.28. The third-order valence-corrected chi connectivity index (χ3v) is 3.73. The first kappa shape index (κ1) is 14.4. The number of nitrogens with zero attached hydrogens (tertiary/aromatic N) is 1. The van der Waals surface area contributed by atoms with E-state index in [9.17, 15) is 0 Å². The fourth-order valence-corrected chi connectivity index (χ4v) is 2.64. The van der Waals surface area contributed by atoms with Crippen molar-refractivity contribution in [2.75, 3.05) is 13.1 Å². The minimum absolute atomic E-state index is 0.225. The highest BCUT2D eigenvalue weighted by molar-refractivity contribution is 5.28. The molecule has 0 bridgehead atoms. The lowest BCUT2D eigenvalue weighted by Gasteiger charge is -2.35. The van der Waals surface area contributed by atoms with Gasteiger partial charge < -0.3 is 10.5 Å². The van der Waals surface area contributed by atoms with Gasteiger partial charge in [0.05, 0.1) is 6.10 Å². The van der Waals surface area contributed by atoms with Crippen LogP contribution in [0.1, 0.15) is 32.8 Å². The molecule has 2 atom stereocenters. The molecule has 2 N–H and O–H groups in total. The van der Waals surface area contributed by atoms with Crippen molar-refractivity contribution in [3.8, 4) is 5.75 Å². The van der Waals surface area contributed by atoms with Gasteiger partial charge in [-0.15, -0.1) is 0 Å². The first-order chi connectivity index (χ1) is 9.04. The average molecular weight is 262 g/mol. The molecule has 1 aliphatic rings. The van der Waals surface area contributed by atoms with E-state index in [1.165, 1.54) is 5.56 Å². The Labute approximate surface area is 116 Å². The molecule has 1 heterocycles. The van der Waals surface area contributed by atoms with Crippen molar-refractivity contribution >= 4 is 0 Å². The van der Waals surface area contributed by atoms with Gasteiger partial charge in [-0.2, -0.15) is 0 Å². The molecule has 1 aliphatic heterocycles. The van der Waals surface area contributed by atoms with E-state index in [1.54, 1.807) is 0 Å². The largest absolute Gasteiger partial charge is 0.491 e. The van der Waals surface area contributed by atoms with Crippen molar-refractivity contribution in [1.29, 1.82) is 0 Å². The molecule has 0 radical (unpaired) electrons. The zero-order valence-electron chi connectivity index (χ0n) is 12.3. The van der Waals surface area contributed by atoms with Crippen LogP contribution in [0.3, 0.4) is 0 Å². The van der Waals surface area contributed by atoms with Crippen molar-refractivity contribution < 1.29 is 4.74 Å². The van der Waals surface area contributed by atoms with E-state index in [1.807, 2.05) is 6.07 Å². The maximum atomic E-state index is 6.07. The summed E-state index contributed by atoms with van der Waals surface area (Å²) in [4.78, 5) is 2.49. The zero-order chi connectivity index (χ0) is 13.8. The summed E-state index contributed by atoms with van der Waals surface area (Å²) in [5.41, 5.74) is 7.39. The molecule has 106 valence electrons. The lowest BCUT2D eigenvalue weighted by Crippen LogP contribution is -2.45. The second-order valence-corrected chi connectivity index (χ2v) is 5.98. The number of benzene rings is 1. The SMILES string of the molecule is CC(C)Oc1cccc(CN2CCC(N)C(C)C2)c1. The van der Waals surface area contributed by atoms with Gasteiger partial charge in [-0.3, -0.25) is 4.90 Å². The summed E-state index contributed by atoms with van der Waals surface area (Å²) >= 11 is 0. The van der Waals surface area contributed by atoms with Crippen LogP contribution in [0.5, 0.6) is 5.75 Å². The Hall–Kier alpha value is -1.06. The van der Waals surface area contributed by atoms with E-state index >= 15 is 0 Å². The Morgan fingerprint density at radius 2 is 2.21 bits per heavy atom. The van der Waals surface area contributed by atoms with Gasteiger partial charge >= 0.3 is 0 Å². The van der Waals surface area contributed by atoms with Gasteiger partial charge in [-0.1, -0.05) is 19.1 Å². The van der Waals surface area contributed by atoms with Crippen molar-refractivity contribution in [3.63, 3.8) is 0 Å². The van der Waals surface area contributed by atoms with Crippen molar-refractivity contribution in [2.24, 2.45) is 11.7 Å². The van der Waals surface area contributed by atoms with Gasteiger partial charge in [0.25, 0.3) is 0 Å². The van der Waals surface area contributed by atoms with Crippen molar-refractivity contribution in [1.82, 2.24) is 4.90 Å². The highest BCUT2D eigenvalue weighted by Crippen LogP contribution is 2.20. The zero-order valence-corrected chi connectivity index (χ0v) is 12.3. The Balaban J connectivity index is 1.95. The number of likely N-dealkylation sites (tertiary alicyclic amines) is 1. The Morgan fingerprint density at radius 3 is 2.89 bits per heavy atom. The summed E-state index contributed by atoms with van der Waals surface area (Å²) in [5, 5.41) is 0. The van der Waals surface area contributed by atoms with Gasteiger partial charge in [0.2, 0.25) is 0 Å². The van der Waals surface area contributed by atoms with Gasteiger partial charge in [-0.25, -0.2) is 0 Å². The monoisotopic (exact) mass is 262 g/mol. The van der Waals surface area contributed by atoms with E-state index < -0.39 is 0 Å². The van der Waals surface area contributed by atoms with Gasteiger partial charge in [-0.05, 0) is 50.4 Å². The van der Waals surface area contributed by atoms with Crippen LogP contribution < -0.4 is 10.5 Å². The Kier molecular flexibility index (Phi) is 4.83. The van der Waals surface area contributed by atoms with Crippen LogP contribution in [0.25, 0.3) is 0 Å². The second-order valence-electron chi connectivity index (χ2n) is 5.98. The van der Waals surface area contributed by atoms with E-state index in [0.717, 1.165) is 31.8 Å². The van der Waals surface area contributed by atoms with E-state index in [2.05, 4.69) is 43.9 Å². The molecule has 2 rings (SSSR count). The quantitative estimate of drug-likeness (QED) is 0.906. The van der Waals surface area contributed by atoms with E-state index in [0.29, 0.717) is 12.0 Å². The summed E-state index contributed by atoms with van der Waals surface area (Å²) in [6.45, 7) is 9.54. The molecule has 3 nitrogen and oxygen atoms in total. The summed E-state index contributed by atoms with van der Waals surface area (Å²) in [5.74, 6) is 1.55. The molecule has 1 aromatic rings. The maximum absolute atomic E-state index is 6.07. The fraction of sp³-hybridized carbons (Fsp3) is 0.625. The Morgan fingerprint density at radius 1 is 1.42 bits per heavy atom. The molecule has 19 heavy (non-hydrogen) atoms. The molecule has 0 spiro atoms. The molecule has 2 unspecified atom stereocenters. The number of nitrogens with two attached hydrogens (primary N) is 1. The molecule has 0 amide bonds. The number of hydrogen-bond acceptors (Lipinski definition) is 3. The highest BCUT2D eigenvalue weighted by Gasteiger charge is 2.22. The predicted molar refractivity (Wildman–Crippen MR) is 79.2 cm³/mol. The lowest BCUT2D eigenvalue weighted by atomic mass is 9.94. The normalized spacial score (nSPS) is 24.7. The van der Waals surface area contributed by atoms with Crippen LogP contribution in [0.2, 0.25) is 0 Å². The van der Waals surface area contributed by atoms with Crippen molar-refractivity contribution in [2.45, 2.75) is 45.9 Å². The van der Waals surface area contributed by atoms with Crippen molar-refractivity contribution in [3.05, 3.63) is 29.8 Å². The average Bonchev–Trinajstić information content (AvgIpc) is 2.33. The molecular weight excluding hydrogens is 236 g/mol. The number of rotatable bonds is 4. The molecule has 3 heteroatoms. The van der Waals surface area contributed by atoms with Crippen LogP contribution in [-0.4, -0.2) is 30.1 Å². The van der Waals surface area contributed by atoms with Gasteiger partial charge in [0.1, 0.15) is 5.75 Å². The van der Waals surface area contributed by atoms with Gasteiger partial charge in [0, 0.05) is 19.1 Å².